The maximum Gasteiger partial charge on any atom is 0.119 e. The Kier molecular flexibility index (Phi) is 4.82. The van der Waals surface area contributed by atoms with E-state index in [0.29, 0.717) is 5.25 Å². The van der Waals surface area contributed by atoms with Gasteiger partial charge in [0.25, 0.3) is 0 Å². The molecule has 0 bridgehead atoms. The Hall–Kier alpha value is -0.150. The normalized spacial score (nSPS) is 10.6. The summed E-state index contributed by atoms with van der Waals surface area (Å²) in [6, 6.07) is 6.09. The van der Waals surface area contributed by atoms with E-state index in [1.54, 1.807) is 7.11 Å². The Labute approximate surface area is 98.4 Å². The minimum atomic E-state index is 0.660. The van der Waals surface area contributed by atoms with Gasteiger partial charge >= 0.3 is 0 Å². The molecule has 0 atom stereocenters. The van der Waals surface area contributed by atoms with Crippen LogP contribution in [-0.4, -0.2) is 12.4 Å². The zero-order valence-corrected chi connectivity index (χ0v) is 11.1. The fourth-order valence-corrected chi connectivity index (χ4v) is 2.37. The first-order chi connectivity index (χ1) is 6.63. The van der Waals surface area contributed by atoms with Gasteiger partial charge in [-0.1, -0.05) is 29.8 Å². The summed E-state index contributed by atoms with van der Waals surface area (Å²) in [4.78, 5) is 0. The Morgan fingerprint density at radius 2 is 2.14 bits per heavy atom. The van der Waals surface area contributed by atoms with E-state index in [2.05, 4.69) is 35.8 Å². The maximum atomic E-state index is 5.19. The SMILES string of the molecule is COc1ccc(Br)c(CSC(C)C)c1. The number of ether oxygens (including phenoxy) is 1. The first kappa shape index (κ1) is 11.9. The van der Waals surface area contributed by atoms with Crippen LogP contribution in [0.2, 0.25) is 0 Å². The zero-order chi connectivity index (χ0) is 10.6. The molecule has 0 saturated carbocycles. The van der Waals surface area contributed by atoms with Crippen LogP contribution in [0.1, 0.15) is 19.4 Å². The van der Waals surface area contributed by atoms with Gasteiger partial charge in [0.05, 0.1) is 7.11 Å². The second-order valence-corrected chi connectivity index (χ2v) is 5.74. The van der Waals surface area contributed by atoms with Gasteiger partial charge in [-0.3, -0.25) is 0 Å². The molecular formula is C11H15BrOS. The molecule has 0 radical (unpaired) electrons. The lowest BCUT2D eigenvalue weighted by atomic mass is 10.2. The predicted molar refractivity (Wildman–Crippen MR) is 67.1 cm³/mol. The van der Waals surface area contributed by atoms with Gasteiger partial charge in [0.2, 0.25) is 0 Å². The van der Waals surface area contributed by atoms with Gasteiger partial charge in [0, 0.05) is 10.2 Å². The summed E-state index contributed by atoms with van der Waals surface area (Å²) < 4.78 is 6.35. The molecule has 1 rings (SSSR count). The molecule has 1 aromatic rings. The van der Waals surface area contributed by atoms with E-state index in [9.17, 15) is 0 Å². The van der Waals surface area contributed by atoms with Crippen molar-refractivity contribution in [1.82, 2.24) is 0 Å². The summed E-state index contributed by atoms with van der Waals surface area (Å²) in [5.41, 5.74) is 1.29. The molecule has 0 aromatic heterocycles. The van der Waals surface area contributed by atoms with E-state index in [-0.39, 0.29) is 0 Å². The average molecular weight is 275 g/mol. The molecular weight excluding hydrogens is 260 g/mol. The van der Waals surface area contributed by atoms with Crippen molar-refractivity contribution in [1.29, 1.82) is 0 Å². The number of thioether (sulfide) groups is 1. The highest BCUT2D eigenvalue weighted by molar-refractivity contribution is 9.10. The smallest absolute Gasteiger partial charge is 0.119 e. The van der Waals surface area contributed by atoms with Gasteiger partial charge in [0.1, 0.15) is 5.75 Å². The molecule has 0 N–H and O–H groups in total. The predicted octanol–water partition coefficient (Wildman–Crippen LogP) is 4.10. The third-order valence-corrected chi connectivity index (χ3v) is 3.74. The third kappa shape index (κ3) is 3.54. The molecule has 14 heavy (non-hydrogen) atoms. The van der Waals surface area contributed by atoms with Crippen LogP contribution in [0.3, 0.4) is 0 Å². The lowest BCUT2D eigenvalue weighted by Crippen LogP contribution is -1.91. The van der Waals surface area contributed by atoms with Crippen molar-refractivity contribution < 1.29 is 4.74 Å². The first-order valence-electron chi connectivity index (χ1n) is 4.57. The van der Waals surface area contributed by atoms with Crippen molar-refractivity contribution in [2.24, 2.45) is 0 Å². The van der Waals surface area contributed by atoms with Gasteiger partial charge in [-0.25, -0.2) is 0 Å². The van der Waals surface area contributed by atoms with Gasteiger partial charge in [-0.15, -0.1) is 0 Å². The number of rotatable bonds is 4. The molecule has 0 aliphatic carbocycles. The summed E-state index contributed by atoms with van der Waals surface area (Å²) in [5, 5.41) is 0.660. The van der Waals surface area contributed by atoms with Crippen LogP contribution in [0, 0.1) is 0 Å². The summed E-state index contributed by atoms with van der Waals surface area (Å²) in [6.45, 7) is 4.41. The number of hydrogen-bond acceptors (Lipinski definition) is 2. The van der Waals surface area contributed by atoms with Crippen LogP contribution in [0.5, 0.6) is 5.75 Å². The molecule has 1 aromatic carbocycles. The van der Waals surface area contributed by atoms with Crippen molar-refractivity contribution in [3.63, 3.8) is 0 Å². The number of hydrogen-bond donors (Lipinski definition) is 0. The Morgan fingerprint density at radius 3 is 2.71 bits per heavy atom. The molecule has 0 aliphatic heterocycles. The van der Waals surface area contributed by atoms with Gasteiger partial charge in [-0.05, 0) is 29.0 Å². The Balaban J connectivity index is 2.73. The van der Waals surface area contributed by atoms with Gasteiger partial charge < -0.3 is 4.74 Å². The van der Waals surface area contributed by atoms with E-state index in [1.165, 1.54) is 5.56 Å². The van der Waals surface area contributed by atoms with Crippen molar-refractivity contribution in [3.8, 4) is 5.75 Å². The minimum Gasteiger partial charge on any atom is -0.497 e. The molecule has 3 heteroatoms. The van der Waals surface area contributed by atoms with Crippen LogP contribution in [0.15, 0.2) is 22.7 Å². The van der Waals surface area contributed by atoms with E-state index < -0.39 is 0 Å². The first-order valence-corrected chi connectivity index (χ1v) is 6.41. The number of benzene rings is 1. The van der Waals surface area contributed by atoms with E-state index >= 15 is 0 Å². The molecule has 0 unspecified atom stereocenters. The van der Waals surface area contributed by atoms with Crippen LogP contribution in [0.25, 0.3) is 0 Å². The summed E-state index contributed by atoms with van der Waals surface area (Å²) in [7, 11) is 1.70. The Bertz CT molecular complexity index is 299. The van der Waals surface area contributed by atoms with Crippen molar-refractivity contribution in [2.45, 2.75) is 24.9 Å². The molecule has 1 nitrogen and oxygen atoms in total. The highest BCUT2D eigenvalue weighted by Gasteiger charge is 2.03. The lowest BCUT2D eigenvalue weighted by Gasteiger charge is -2.08. The van der Waals surface area contributed by atoms with E-state index in [1.807, 2.05) is 23.9 Å². The Morgan fingerprint density at radius 1 is 1.43 bits per heavy atom. The molecule has 0 amide bonds. The fraction of sp³-hybridized carbons (Fsp3) is 0.455. The molecule has 0 saturated heterocycles. The molecule has 0 fully saturated rings. The zero-order valence-electron chi connectivity index (χ0n) is 8.71. The van der Waals surface area contributed by atoms with Gasteiger partial charge in [-0.2, -0.15) is 11.8 Å². The molecule has 78 valence electrons. The van der Waals surface area contributed by atoms with E-state index in [0.717, 1.165) is 16.0 Å². The van der Waals surface area contributed by atoms with Crippen LogP contribution in [-0.2, 0) is 5.75 Å². The van der Waals surface area contributed by atoms with Crippen LogP contribution < -0.4 is 4.74 Å². The second kappa shape index (κ2) is 5.66. The van der Waals surface area contributed by atoms with Gasteiger partial charge in [0.15, 0.2) is 0 Å². The average Bonchev–Trinajstić information content (AvgIpc) is 2.16. The molecule has 0 spiro atoms. The lowest BCUT2D eigenvalue weighted by molar-refractivity contribution is 0.414. The fourth-order valence-electron chi connectivity index (χ4n) is 1.05. The summed E-state index contributed by atoms with van der Waals surface area (Å²) >= 11 is 5.47. The molecule has 0 aliphatic rings. The summed E-state index contributed by atoms with van der Waals surface area (Å²) in [5.74, 6) is 1.95. The largest absolute Gasteiger partial charge is 0.497 e. The topological polar surface area (TPSA) is 9.23 Å². The number of methoxy groups -OCH3 is 1. The monoisotopic (exact) mass is 274 g/mol. The van der Waals surface area contributed by atoms with E-state index in [4.69, 9.17) is 4.74 Å². The quantitative estimate of drug-likeness (QED) is 0.818. The second-order valence-electron chi connectivity index (χ2n) is 3.32. The van der Waals surface area contributed by atoms with Crippen molar-refractivity contribution in [2.75, 3.05) is 7.11 Å². The third-order valence-electron chi connectivity index (χ3n) is 1.83. The highest BCUT2D eigenvalue weighted by Crippen LogP contribution is 2.27. The van der Waals surface area contributed by atoms with Crippen molar-refractivity contribution in [3.05, 3.63) is 28.2 Å². The highest BCUT2D eigenvalue weighted by atomic mass is 79.9. The standard InChI is InChI=1S/C11H15BrOS/c1-8(2)14-7-9-6-10(13-3)4-5-11(9)12/h4-6,8H,7H2,1-3H3. The van der Waals surface area contributed by atoms with Crippen molar-refractivity contribution >= 4 is 27.7 Å². The molecule has 0 heterocycles. The maximum absolute atomic E-state index is 5.19. The van der Waals surface area contributed by atoms with Crippen LogP contribution in [0.4, 0.5) is 0 Å². The minimum absolute atomic E-state index is 0.660. The number of halogens is 1. The van der Waals surface area contributed by atoms with Crippen LogP contribution >= 0.6 is 27.7 Å². The summed E-state index contributed by atoms with van der Waals surface area (Å²) in [6.07, 6.45) is 0.